The Hall–Kier alpha value is -3.09. The number of benzene rings is 2. The summed E-state index contributed by atoms with van der Waals surface area (Å²) in [6.07, 6.45) is 2.60. The van der Waals surface area contributed by atoms with E-state index in [1.807, 2.05) is 24.3 Å². The summed E-state index contributed by atoms with van der Waals surface area (Å²) in [5.41, 5.74) is 2.98. The molecule has 0 unspecified atom stereocenters. The fraction of sp³-hybridized carbons (Fsp3) is 0.543. The van der Waals surface area contributed by atoms with Gasteiger partial charge in [-0.25, -0.2) is 4.21 Å². The van der Waals surface area contributed by atoms with Crippen LogP contribution in [0.2, 0.25) is 5.02 Å². The van der Waals surface area contributed by atoms with Crippen LogP contribution in [0.3, 0.4) is 0 Å². The zero-order chi connectivity index (χ0) is 34.1. The predicted octanol–water partition coefficient (Wildman–Crippen LogP) is 7.19. The summed E-state index contributed by atoms with van der Waals surface area (Å²) in [6.45, 7) is 1.80. The summed E-state index contributed by atoms with van der Waals surface area (Å²) in [6, 6.07) is 11.1. The Morgan fingerprint density at radius 3 is 2.79 bits per heavy atom. The molecule has 2 amide bonds. The number of alkyl halides is 3. The normalized spacial score (nSPS) is 29.7. The van der Waals surface area contributed by atoms with E-state index in [-0.39, 0.29) is 35.2 Å². The summed E-state index contributed by atoms with van der Waals surface area (Å²) in [5.74, 6) is -0.868. The van der Waals surface area contributed by atoms with Crippen molar-refractivity contribution in [1.29, 1.82) is 0 Å². The predicted molar refractivity (Wildman–Crippen MR) is 179 cm³/mol. The van der Waals surface area contributed by atoms with E-state index in [4.69, 9.17) is 21.1 Å². The molecule has 2 aromatic rings. The highest BCUT2D eigenvalue weighted by molar-refractivity contribution is 7.92. The first-order valence-corrected chi connectivity index (χ1v) is 18.6. The van der Waals surface area contributed by atoms with Crippen LogP contribution in [0, 0.1) is 11.8 Å². The van der Waals surface area contributed by atoms with Gasteiger partial charge in [-0.05, 0) is 98.2 Å². The van der Waals surface area contributed by atoms with Crippen molar-refractivity contribution in [2.75, 3.05) is 37.5 Å². The molecule has 1 fully saturated rings. The summed E-state index contributed by atoms with van der Waals surface area (Å²) in [4.78, 5) is 28.4. The van der Waals surface area contributed by atoms with Gasteiger partial charge in [-0.15, -0.1) is 4.36 Å². The lowest BCUT2D eigenvalue weighted by atomic mass is 9.68. The van der Waals surface area contributed by atoms with Gasteiger partial charge in [0.25, 0.3) is 5.91 Å². The maximum atomic E-state index is 13.9. The van der Waals surface area contributed by atoms with Crippen LogP contribution in [0.15, 0.2) is 52.9 Å². The second-order valence-electron chi connectivity index (χ2n) is 13.4. The maximum absolute atomic E-state index is 13.9. The number of aryl methyl sites for hydroxylation is 1. The largest absolute Gasteiger partial charge is 0.490 e. The van der Waals surface area contributed by atoms with E-state index < -0.39 is 40.7 Å². The number of rotatable bonds is 4. The summed E-state index contributed by atoms with van der Waals surface area (Å²) in [5, 5.41) is 0.699. The second kappa shape index (κ2) is 14.0. The quantitative estimate of drug-likeness (QED) is 0.338. The van der Waals surface area contributed by atoms with E-state index in [2.05, 4.69) is 20.1 Å². The molecule has 13 heteroatoms. The summed E-state index contributed by atoms with van der Waals surface area (Å²) >= 11 is 6.40. The monoisotopic (exact) mass is 707 g/mol. The van der Waals surface area contributed by atoms with Crippen LogP contribution in [0.1, 0.15) is 72.9 Å². The van der Waals surface area contributed by atoms with Gasteiger partial charge < -0.3 is 14.4 Å². The minimum Gasteiger partial charge on any atom is -0.490 e. The van der Waals surface area contributed by atoms with Crippen LogP contribution in [0.25, 0.3) is 0 Å². The third-order valence-corrected chi connectivity index (χ3v) is 12.3. The highest BCUT2D eigenvalue weighted by atomic mass is 35.5. The number of nitrogens with zero attached hydrogens (tertiary/aromatic N) is 2. The van der Waals surface area contributed by atoms with Gasteiger partial charge in [0.1, 0.15) is 15.7 Å². The van der Waals surface area contributed by atoms with Crippen molar-refractivity contribution in [3.63, 3.8) is 0 Å². The number of nitrogens with one attached hydrogen (secondary N) is 1. The molecule has 0 saturated heterocycles. The molecule has 2 aliphatic carbocycles. The fourth-order valence-corrected chi connectivity index (χ4v) is 9.42. The number of amides is 2. The first kappa shape index (κ1) is 34.8. The minimum atomic E-state index is -4.56. The van der Waals surface area contributed by atoms with E-state index in [9.17, 15) is 27.0 Å². The van der Waals surface area contributed by atoms with Gasteiger partial charge in [0, 0.05) is 42.6 Å². The molecule has 4 aliphatic rings. The molecule has 1 saturated carbocycles. The molecule has 2 heterocycles. The highest BCUT2D eigenvalue weighted by Gasteiger charge is 2.44. The van der Waals surface area contributed by atoms with Crippen molar-refractivity contribution in [3.8, 4) is 5.75 Å². The molecule has 1 spiro atoms. The highest BCUT2D eigenvalue weighted by Crippen LogP contribution is 2.47. The van der Waals surface area contributed by atoms with Gasteiger partial charge in [-0.2, -0.15) is 13.2 Å². The number of allylic oxidation sites excluding steroid dienone is 1. The molecule has 2 aromatic carbocycles. The number of methoxy groups -OCH3 is 1. The lowest BCUT2D eigenvalue weighted by molar-refractivity contribution is -0.143. The second-order valence-corrected chi connectivity index (χ2v) is 16.0. The van der Waals surface area contributed by atoms with E-state index in [0.717, 1.165) is 37.8 Å². The van der Waals surface area contributed by atoms with Crippen LogP contribution < -0.4 is 14.4 Å². The summed E-state index contributed by atoms with van der Waals surface area (Å²) < 4.78 is 70.8. The van der Waals surface area contributed by atoms with E-state index >= 15 is 0 Å². The topological polar surface area (TPSA) is 97.3 Å². The average Bonchev–Trinajstić information content (AvgIpc) is 3.17. The Morgan fingerprint density at radius 1 is 1.21 bits per heavy atom. The zero-order valence-electron chi connectivity index (χ0n) is 26.9. The Labute approximate surface area is 284 Å². The number of halogens is 4. The molecule has 260 valence electrons. The lowest BCUT2D eigenvalue weighted by Gasteiger charge is -2.46. The minimum absolute atomic E-state index is 0.130. The number of carbonyl (C=O) groups excluding carboxylic acids is 2. The Bertz CT molecular complexity index is 1710. The van der Waals surface area contributed by atoms with Crippen molar-refractivity contribution in [2.24, 2.45) is 16.2 Å². The Kier molecular flexibility index (Phi) is 10.2. The number of hydrogen-bond acceptors (Lipinski definition) is 6. The van der Waals surface area contributed by atoms with Gasteiger partial charge in [0.15, 0.2) is 0 Å². The van der Waals surface area contributed by atoms with Gasteiger partial charge in [-0.3, -0.25) is 14.3 Å². The SMILES string of the molecule is CO[C@H]1/C=C/CCC[S@@](=O)(NC(=O)CCC(F)(F)F)=NC(=O)c2ccc3c(c2)N(C[C@@H]2CC[C@H]21)C[C@@]1(CCCc2cc(Cl)ccc21)CO3. The molecule has 1 N–H and O–H groups in total. The van der Waals surface area contributed by atoms with Crippen molar-refractivity contribution in [1.82, 2.24) is 4.72 Å². The number of hydrogen-bond donors (Lipinski definition) is 1. The van der Waals surface area contributed by atoms with Crippen LogP contribution in [0.4, 0.5) is 18.9 Å². The van der Waals surface area contributed by atoms with Gasteiger partial charge >= 0.3 is 6.18 Å². The number of carbonyl (C=O) groups is 2. The molecule has 5 atom stereocenters. The van der Waals surface area contributed by atoms with Crippen LogP contribution >= 0.6 is 11.6 Å². The molecular formula is C35H41ClF3N3O5S. The van der Waals surface area contributed by atoms with Crippen molar-refractivity contribution < 1.29 is 36.4 Å². The smallest absolute Gasteiger partial charge is 0.389 e. The molecule has 8 nitrogen and oxygen atoms in total. The van der Waals surface area contributed by atoms with Gasteiger partial charge in [0.05, 0.1) is 30.6 Å². The van der Waals surface area contributed by atoms with Gasteiger partial charge in [0.2, 0.25) is 5.91 Å². The van der Waals surface area contributed by atoms with Crippen LogP contribution in [-0.4, -0.2) is 60.9 Å². The number of fused-ring (bicyclic) bond motifs is 4. The Balaban J connectivity index is 1.39. The van der Waals surface area contributed by atoms with Crippen molar-refractivity contribution in [2.45, 2.75) is 75.5 Å². The fourth-order valence-electron chi connectivity index (χ4n) is 7.60. The van der Waals surface area contributed by atoms with E-state index in [1.165, 1.54) is 11.1 Å². The molecular weight excluding hydrogens is 667 g/mol. The standard InChI is InChI=1S/C35H41ClF3N3O5S/c1-46-30-7-3-2-4-17-48(45,40-32(43)14-16-35(37,38)39)41-33(44)24-9-13-31-29(19-24)42(20-25-8-11-27(25)30)21-34(22-47-31)15-5-6-23-18-26(36)10-12-28(23)34/h3,7,9-10,12-13,18-19,25,27,30H,2,4-6,8,11,14-17,20-22H2,1H3,(H,40,41,43,44,45)/b7-3+/t25-,27+,30-,34-,48+/m0/s1. The van der Waals surface area contributed by atoms with Crippen molar-refractivity contribution >= 4 is 39.0 Å². The Morgan fingerprint density at radius 2 is 2.04 bits per heavy atom. The number of ether oxygens (including phenoxy) is 2. The average molecular weight is 708 g/mol. The van der Waals surface area contributed by atoms with E-state index in [0.29, 0.717) is 42.8 Å². The maximum Gasteiger partial charge on any atom is 0.389 e. The van der Waals surface area contributed by atoms with Crippen LogP contribution in [0.5, 0.6) is 5.75 Å². The lowest BCUT2D eigenvalue weighted by Crippen LogP contribution is -2.49. The first-order chi connectivity index (χ1) is 22.9. The third-order valence-electron chi connectivity index (χ3n) is 10.2. The molecule has 48 heavy (non-hydrogen) atoms. The molecule has 0 aromatic heterocycles. The van der Waals surface area contributed by atoms with Gasteiger partial charge in [-0.1, -0.05) is 29.8 Å². The molecule has 2 aliphatic heterocycles. The first-order valence-electron chi connectivity index (χ1n) is 16.5. The van der Waals surface area contributed by atoms with E-state index in [1.54, 1.807) is 25.3 Å². The zero-order valence-corrected chi connectivity index (χ0v) is 28.5. The molecule has 0 radical (unpaired) electrons. The number of anilines is 1. The van der Waals surface area contributed by atoms with Crippen LogP contribution in [-0.2, 0) is 31.3 Å². The third kappa shape index (κ3) is 7.70. The molecule has 2 bridgehead atoms. The summed E-state index contributed by atoms with van der Waals surface area (Å²) in [7, 11) is -2.03. The van der Waals surface area contributed by atoms with Crippen molar-refractivity contribution in [3.05, 3.63) is 70.3 Å². The molecule has 6 rings (SSSR count).